The molecule has 3 aromatic carbocycles. The summed E-state index contributed by atoms with van der Waals surface area (Å²) in [5.41, 5.74) is 5.98. The zero-order valence-corrected chi connectivity index (χ0v) is 16.4. The van der Waals surface area contributed by atoms with Crippen molar-refractivity contribution < 1.29 is 9.13 Å². The Morgan fingerprint density at radius 2 is 1.86 bits per heavy atom. The van der Waals surface area contributed by atoms with Gasteiger partial charge in [0, 0.05) is 29.7 Å². The summed E-state index contributed by atoms with van der Waals surface area (Å²) in [7, 11) is 1.68. The highest BCUT2D eigenvalue weighted by atomic mass is 19.1. The van der Waals surface area contributed by atoms with Crippen molar-refractivity contribution in [2.24, 2.45) is 0 Å². The molecule has 1 aromatic heterocycles. The van der Waals surface area contributed by atoms with E-state index in [4.69, 9.17) is 4.74 Å². The monoisotopic (exact) mass is 386 g/mol. The summed E-state index contributed by atoms with van der Waals surface area (Å²) >= 11 is 0. The number of aromatic amines is 1. The molecule has 5 rings (SSSR count). The van der Waals surface area contributed by atoms with Crippen LogP contribution in [-0.2, 0) is 13.0 Å². The predicted octanol–water partition coefficient (Wildman–Crippen LogP) is 5.46. The number of halogens is 1. The molecule has 1 aliphatic heterocycles. The highest BCUT2D eigenvalue weighted by molar-refractivity contribution is 5.85. The lowest BCUT2D eigenvalue weighted by Gasteiger charge is -2.36. The van der Waals surface area contributed by atoms with Crippen molar-refractivity contribution in [3.8, 4) is 5.75 Å². The van der Waals surface area contributed by atoms with E-state index in [1.807, 2.05) is 18.2 Å². The van der Waals surface area contributed by atoms with Crippen LogP contribution in [0, 0.1) is 5.82 Å². The molecule has 0 saturated heterocycles. The number of nitrogens with one attached hydrogen (secondary N) is 1. The highest BCUT2D eigenvalue weighted by Gasteiger charge is 2.31. The molecule has 0 radical (unpaired) electrons. The van der Waals surface area contributed by atoms with Gasteiger partial charge in [-0.05, 0) is 53.4 Å². The van der Waals surface area contributed by atoms with Gasteiger partial charge in [0.25, 0.3) is 0 Å². The van der Waals surface area contributed by atoms with Crippen LogP contribution in [0.5, 0.6) is 5.75 Å². The van der Waals surface area contributed by atoms with E-state index >= 15 is 0 Å². The highest BCUT2D eigenvalue weighted by Crippen LogP contribution is 2.39. The lowest BCUT2D eigenvalue weighted by atomic mass is 9.92. The second kappa shape index (κ2) is 7.37. The van der Waals surface area contributed by atoms with E-state index in [1.54, 1.807) is 19.2 Å². The van der Waals surface area contributed by atoms with Crippen molar-refractivity contribution in [1.82, 2.24) is 9.88 Å². The van der Waals surface area contributed by atoms with Crippen LogP contribution in [0.15, 0.2) is 72.8 Å². The minimum absolute atomic E-state index is 0.0836. The number of hydrogen-bond donors (Lipinski definition) is 1. The first kappa shape index (κ1) is 18.0. The standard InChI is InChI=1S/C25H23FN2O/c1-29-20-11-9-18(10-12-20)25-24-22(21-7-2-3-8-23(21)27-24)13-14-28(25)16-17-5-4-6-19(26)15-17/h2-12,15,25,27H,13-14,16H2,1H3/t25-/m0/s1. The normalized spacial score (nSPS) is 16.7. The maximum Gasteiger partial charge on any atom is 0.123 e. The van der Waals surface area contributed by atoms with Crippen molar-refractivity contribution in [3.05, 3.63) is 101 Å². The first-order chi connectivity index (χ1) is 14.2. The number of fused-ring (bicyclic) bond motifs is 3. The summed E-state index contributed by atoms with van der Waals surface area (Å²) in [5.74, 6) is 0.657. The summed E-state index contributed by atoms with van der Waals surface area (Å²) in [4.78, 5) is 6.10. The number of benzene rings is 3. The second-order valence-electron chi connectivity index (χ2n) is 7.59. The molecule has 1 N–H and O–H groups in total. The molecule has 0 spiro atoms. The lowest BCUT2D eigenvalue weighted by molar-refractivity contribution is 0.201. The van der Waals surface area contributed by atoms with E-state index in [1.165, 1.54) is 33.8 Å². The van der Waals surface area contributed by atoms with Gasteiger partial charge in [0.05, 0.1) is 13.2 Å². The first-order valence-corrected chi connectivity index (χ1v) is 9.95. The molecule has 0 unspecified atom stereocenters. The molecule has 4 heteroatoms. The average molecular weight is 386 g/mol. The summed E-state index contributed by atoms with van der Waals surface area (Å²) < 4.78 is 19.1. The van der Waals surface area contributed by atoms with Crippen LogP contribution in [0.2, 0.25) is 0 Å². The lowest BCUT2D eigenvalue weighted by Crippen LogP contribution is -2.35. The van der Waals surface area contributed by atoms with Gasteiger partial charge in [-0.2, -0.15) is 0 Å². The van der Waals surface area contributed by atoms with Crippen molar-refractivity contribution in [2.45, 2.75) is 19.0 Å². The van der Waals surface area contributed by atoms with E-state index in [0.29, 0.717) is 6.54 Å². The number of aromatic nitrogens is 1. The number of nitrogens with zero attached hydrogens (tertiary/aromatic N) is 1. The Balaban J connectivity index is 1.60. The molecular weight excluding hydrogens is 363 g/mol. The van der Waals surface area contributed by atoms with Crippen LogP contribution in [0.1, 0.15) is 28.4 Å². The number of rotatable bonds is 4. The molecule has 0 bridgehead atoms. The van der Waals surface area contributed by atoms with Crippen LogP contribution in [0.25, 0.3) is 10.9 Å². The fourth-order valence-electron chi connectivity index (χ4n) is 4.49. The van der Waals surface area contributed by atoms with Crippen LogP contribution in [0.4, 0.5) is 4.39 Å². The van der Waals surface area contributed by atoms with E-state index in [9.17, 15) is 4.39 Å². The predicted molar refractivity (Wildman–Crippen MR) is 114 cm³/mol. The van der Waals surface area contributed by atoms with Gasteiger partial charge in [-0.25, -0.2) is 4.39 Å². The zero-order valence-electron chi connectivity index (χ0n) is 16.4. The van der Waals surface area contributed by atoms with Gasteiger partial charge in [0.15, 0.2) is 0 Å². The minimum Gasteiger partial charge on any atom is -0.497 e. The number of H-pyrrole nitrogens is 1. The summed E-state index contributed by atoms with van der Waals surface area (Å²) in [5, 5.41) is 1.30. The Bertz CT molecular complexity index is 1150. The summed E-state index contributed by atoms with van der Waals surface area (Å²) in [6, 6.07) is 23.7. The van der Waals surface area contributed by atoms with Gasteiger partial charge < -0.3 is 9.72 Å². The molecule has 3 nitrogen and oxygen atoms in total. The topological polar surface area (TPSA) is 28.3 Å². The number of ether oxygens (including phenoxy) is 1. The molecule has 2 heterocycles. The molecule has 4 aromatic rings. The van der Waals surface area contributed by atoms with Crippen LogP contribution in [0.3, 0.4) is 0 Å². The van der Waals surface area contributed by atoms with Gasteiger partial charge in [-0.1, -0.05) is 42.5 Å². The molecule has 0 amide bonds. The van der Waals surface area contributed by atoms with Crippen molar-refractivity contribution >= 4 is 10.9 Å². The second-order valence-corrected chi connectivity index (χ2v) is 7.59. The molecule has 0 fully saturated rings. The maximum absolute atomic E-state index is 13.8. The smallest absolute Gasteiger partial charge is 0.123 e. The van der Waals surface area contributed by atoms with Crippen molar-refractivity contribution in [2.75, 3.05) is 13.7 Å². The van der Waals surface area contributed by atoms with Crippen LogP contribution in [-0.4, -0.2) is 23.5 Å². The average Bonchev–Trinajstić information content (AvgIpc) is 3.12. The van der Waals surface area contributed by atoms with Crippen molar-refractivity contribution in [1.29, 1.82) is 0 Å². The number of hydrogen-bond acceptors (Lipinski definition) is 2. The Kier molecular flexibility index (Phi) is 4.57. The van der Waals surface area contributed by atoms with Crippen LogP contribution < -0.4 is 4.74 Å². The fraction of sp³-hybridized carbons (Fsp3) is 0.200. The van der Waals surface area contributed by atoms with Crippen LogP contribution >= 0.6 is 0 Å². The fourth-order valence-corrected chi connectivity index (χ4v) is 4.49. The third-order valence-corrected chi connectivity index (χ3v) is 5.84. The molecule has 146 valence electrons. The number of methoxy groups -OCH3 is 1. The molecule has 1 aliphatic rings. The van der Waals surface area contributed by atoms with E-state index in [-0.39, 0.29) is 11.9 Å². The van der Waals surface area contributed by atoms with Gasteiger partial charge in [0.2, 0.25) is 0 Å². The Labute approximate surface area is 169 Å². The Morgan fingerprint density at radius 3 is 2.66 bits per heavy atom. The Morgan fingerprint density at radius 1 is 1.03 bits per heavy atom. The maximum atomic E-state index is 13.8. The molecule has 1 atom stereocenters. The summed E-state index contributed by atoms with van der Waals surface area (Å²) in [6.07, 6.45) is 0.974. The number of para-hydroxylation sites is 1. The quantitative estimate of drug-likeness (QED) is 0.504. The third kappa shape index (κ3) is 3.30. The zero-order chi connectivity index (χ0) is 19.8. The van der Waals surface area contributed by atoms with Gasteiger partial charge in [0.1, 0.15) is 11.6 Å². The van der Waals surface area contributed by atoms with E-state index in [2.05, 4.69) is 46.3 Å². The summed E-state index contributed by atoms with van der Waals surface area (Å²) in [6.45, 7) is 1.62. The third-order valence-electron chi connectivity index (χ3n) is 5.84. The van der Waals surface area contributed by atoms with Gasteiger partial charge in [-0.15, -0.1) is 0 Å². The SMILES string of the molecule is COc1ccc([C@H]2c3[nH]c4ccccc4c3CCN2Cc2cccc(F)c2)cc1. The van der Waals surface area contributed by atoms with E-state index in [0.717, 1.165) is 24.3 Å². The van der Waals surface area contributed by atoms with Gasteiger partial charge >= 0.3 is 0 Å². The Hall–Kier alpha value is -3.11. The molecule has 0 saturated carbocycles. The minimum atomic E-state index is -0.188. The first-order valence-electron chi connectivity index (χ1n) is 9.95. The van der Waals surface area contributed by atoms with E-state index < -0.39 is 0 Å². The largest absolute Gasteiger partial charge is 0.497 e. The molecule has 0 aliphatic carbocycles. The van der Waals surface area contributed by atoms with Gasteiger partial charge in [-0.3, -0.25) is 4.90 Å². The molecule has 29 heavy (non-hydrogen) atoms. The van der Waals surface area contributed by atoms with Crippen molar-refractivity contribution in [3.63, 3.8) is 0 Å². The molecular formula is C25H23FN2O.